The molecule has 2 N–H and O–H groups in total. The van der Waals surface area contributed by atoms with Crippen molar-refractivity contribution in [3.63, 3.8) is 0 Å². The van der Waals surface area contributed by atoms with Gasteiger partial charge in [0.2, 0.25) is 0 Å². The van der Waals surface area contributed by atoms with Gasteiger partial charge in [-0.25, -0.2) is 0 Å². The van der Waals surface area contributed by atoms with Crippen molar-refractivity contribution in [2.45, 2.75) is 51.7 Å². The maximum atomic E-state index is 12.6. The molecule has 0 spiro atoms. The molecule has 1 fully saturated rings. The molecule has 2 atom stereocenters. The number of aliphatic hydroxyl groups is 1. The first-order chi connectivity index (χ1) is 12.5. The van der Waals surface area contributed by atoms with E-state index in [1.165, 1.54) is 0 Å². The molecular formula is C19H23ClN2O4. The van der Waals surface area contributed by atoms with Crippen LogP contribution in [0.4, 0.5) is 0 Å². The molecule has 0 saturated heterocycles. The summed E-state index contributed by atoms with van der Waals surface area (Å²) in [6.45, 7) is 4.14. The van der Waals surface area contributed by atoms with Crippen LogP contribution in [0.5, 0.6) is 5.75 Å². The lowest BCUT2D eigenvalue weighted by atomic mass is 9.92. The Morgan fingerprint density at radius 2 is 2.19 bits per heavy atom. The van der Waals surface area contributed by atoms with Crippen molar-refractivity contribution >= 4 is 17.5 Å². The lowest BCUT2D eigenvalue weighted by Crippen LogP contribution is -2.45. The molecule has 6 nitrogen and oxygen atoms in total. The van der Waals surface area contributed by atoms with E-state index in [2.05, 4.69) is 10.5 Å². The molecule has 1 amide bonds. The van der Waals surface area contributed by atoms with Crippen molar-refractivity contribution in [3.8, 4) is 17.1 Å². The van der Waals surface area contributed by atoms with Crippen LogP contribution in [0.3, 0.4) is 0 Å². The van der Waals surface area contributed by atoms with E-state index in [9.17, 15) is 9.90 Å². The molecule has 0 unspecified atom stereocenters. The number of carbonyl (C=O) groups excluding carboxylic acids is 1. The number of aliphatic hydroxyl groups excluding tert-OH is 1. The molecule has 140 valence electrons. The summed E-state index contributed by atoms with van der Waals surface area (Å²) in [4.78, 5) is 12.6. The first-order valence-corrected chi connectivity index (χ1v) is 9.27. The van der Waals surface area contributed by atoms with Gasteiger partial charge in [-0.1, -0.05) is 29.6 Å². The molecule has 0 radical (unpaired) electrons. The molecule has 0 aliphatic heterocycles. The second-order valence-corrected chi connectivity index (χ2v) is 6.93. The summed E-state index contributed by atoms with van der Waals surface area (Å²) in [5.74, 6) is 0.712. The topological polar surface area (TPSA) is 84.6 Å². The maximum Gasteiger partial charge on any atom is 0.274 e. The fourth-order valence-corrected chi connectivity index (χ4v) is 3.44. The van der Waals surface area contributed by atoms with Crippen molar-refractivity contribution in [2.24, 2.45) is 0 Å². The van der Waals surface area contributed by atoms with Crippen molar-refractivity contribution < 1.29 is 19.2 Å². The van der Waals surface area contributed by atoms with Gasteiger partial charge in [-0.05, 0) is 44.9 Å². The highest BCUT2D eigenvalue weighted by Gasteiger charge is 2.28. The number of nitrogens with one attached hydrogen (secondary N) is 1. The molecule has 26 heavy (non-hydrogen) atoms. The summed E-state index contributed by atoms with van der Waals surface area (Å²) < 4.78 is 11.1. The maximum absolute atomic E-state index is 12.6. The van der Waals surface area contributed by atoms with E-state index in [4.69, 9.17) is 20.9 Å². The van der Waals surface area contributed by atoms with Gasteiger partial charge in [-0.3, -0.25) is 4.79 Å². The quantitative estimate of drug-likeness (QED) is 0.827. The fraction of sp³-hybridized carbons (Fsp3) is 0.474. The Labute approximate surface area is 157 Å². The van der Waals surface area contributed by atoms with E-state index in [0.29, 0.717) is 40.7 Å². The highest BCUT2D eigenvalue weighted by atomic mass is 35.5. The highest BCUT2D eigenvalue weighted by molar-refractivity contribution is 6.30. The molecule has 0 bridgehead atoms. The molecule has 7 heteroatoms. The zero-order chi connectivity index (χ0) is 18.7. The van der Waals surface area contributed by atoms with Gasteiger partial charge in [0.05, 0.1) is 24.3 Å². The minimum absolute atomic E-state index is 0.218. The standard InChI is InChI=1S/C19H23ClN2O4/c1-3-25-16-10-12(20)8-9-13(16)18-11(2)17(22-26-18)19(24)21-14-6-4-5-7-15(14)23/h8-10,14-15,23H,3-7H2,1-2H3,(H,21,24)/t14-,15+/m1/s1. The predicted molar refractivity (Wildman–Crippen MR) is 98.6 cm³/mol. The summed E-state index contributed by atoms with van der Waals surface area (Å²) in [6, 6.07) is 4.98. The van der Waals surface area contributed by atoms with Crippen LogP contribution in [0.15, 0.2) is 22.7 Å². The van der Waals surface area contributed by atoms with E-state index >= 15 is 0 Å². The molecule has 1 aliphatic carbocycles. The van der Waals surface area contributed by atoms with Crippen LogP contribution < -0.4 is 10.1 Å². The second-order valence-electron chi connectivity index (χ2n) is 6.49. The first kappa shape index (κ1) is 18.7. The van der Waals surface area contributed by atoms with Crippen molar-refractivity contribution in [1.29, 1.82) is 0 Å². The normalized spacial score (nSPS) is 20.0. The van der Waals surface area contributed by atoms with Crippen LogP contribution in [0.2, 0.25) is 5.02 Å². The van der Waals surface area contributed by atoms with Gasteiger partial charge < -0.3 is 19.7 Å². The van der Waals surface area contributed by atoms with Crippen LogP contribution in [0, 0.1) is 6.92 Å². The Balaban J connectivity index is 1.85. The summed E-state index contributed by atoms with van der Waals surface area (Å²) in [5.41, 5.74) is 1.53. The smallest absolute Gasteiger partial charge is 0.274 e. The fourth-order valence-electron chi connectivity index (χ4n) is 3.27. The predicted octanol–water partition coefficient (Wildman–Crippen LogP) is 3.74. The van der Waals surface area contributed by atoms with Gasteiger partial charge >= 0.3 is 0 Å². The van der Waals surface area contributed by atoms with E-state index in [1.54, 1.807) is 25.1 Å². The molecule has 1 saturated carbocycles. The number of hydrogen-bond acceptors (Lipinski definition) is 5. The molecule has 2 aromatic rings. The summed E-state index contributed by atoms with van der Waals surface area (Å²) in [6.07, 6.45) is 2.93. The third-order valence-electron chi connectivity index (χ3n) is 4.67. The Morgan fingerprint density at radius 3 is 2.92 bits per heavy atom. The van der Waals surface area contributed by atoms with Gasteiger partial charge in [0.1, 0.15) is 5.75 Å². The Bertz CT molecular complexity index is 790. The zero-order valence-electron chi connectivity index (χ0n) is 14.9. The SMILES string of the molecule is CCOc1cc(Cl)ccc1-c1onc(C(=O)N[C@@H]2CCCC[C@@H]2O)c1C. The van der Waals surface area contributed by atoms with E-state index in [-0.39, 0.29) is 17.6 Å². The Morgan fingerprint density at radius 1 is 1.42 bits per heavy atom. The molecular weight excluding hydrogens is 356 g/mol. The number of carbonyl (C=O) groups is 1. The average molecular weight is 379 g/mol. The minimum Gasteiger partial charge on any atom is -0.493 e. The zero-order valence-corrected chi connectivity index (χ0v) is 15.7. The van der Waals surface area contributed by atoms with Gasteiger partial charge in [-0.15, -0.1) is 0 Å². The molecule has 1 aromatic heterocycles. The number of hydrogen-bond donors (Lipinski definition) is 2. The van der Waals surface area contributed by atoms with Gasteiger partial charge in [-0.2, -0.15) is 0 Å². The molecule has 1 aromatic carbocycles. The van der Waals surface area contributed by atoms with E-state index in [1.807, 2.05) is 6.92 Å². The van der Waals surface area contributed by atoms with Crippen LogP contribution in [-0.4, -0.2) is 34.9 Å². The lowest BCUT2D eigenvalue weighted by molar-refractivity contribution is 0.0710. The second kappa shape index (κ2) is 8.10. The third-order valence-corrected chi connectivity index (χ3v) is 4.91. The number of halogens is 1. The third kappa shape index (κ3) is 3.86. The van der Waals surface area contributed by atoms with Gasteiger partial charge in [0.25, 0.3) is 5.91 Å². The van der Waals surface area contributed by atoms with Crippen LogP contribution in [0.1, 0.15) is 48.7 Å². The molecule has 1 heterocycles. The average Bonchev–Trinajstić information content (AvgIpc) is 2.99. The van der Waals surface area contributed by atoms with Crippen LogP contribution in [-0.2, 0) is 0 Å². The van der Waals surface area contributed by atoms with Gasteiger partial charge in [0, 0.05) is 10.6 Å². The first-order valence-electron chi connectivity index (χ1n) is 8.89. The summed E-state index contributed by atoms with van der Waals surface area (Å²) in [7, 11) is 0. The van der Waals surface area contributed by atoms with Crippen molar-refractivity contribution in [2.75, 3.05) is 6.61 Å². The van der Waals surface area contributed by atoms with Crippen molar-refractivity contribution in [1.82, 2.24) is 10.5 Å². The van der Waals surface area contributed by atoms with Crippen LogP contribution >= 0.6 is 11.6 Å². The largest absolute Gasteiger partial charge is 0.493 e. The van der Waals surface area contributed by atoms with Gasteiger partial charge in [0.15, 0.2) is 11.5 Å². The molecule has 3 rings (SSSR count). The number of benzene rings is 1. The number of amides is 1. The Hall–Kier alpha value is -2.05. The number of rotatable bonds is 5. The van der Waals surface area contributed by atoms with Crippen LogP contribution in [0.25, 0.3) is 11.3 Å². The monoisotopic (exact) mass is 378 g/mol. The van der Waals surface area contributed by atoms with E-state index < -0.39 is 6.10 Å². The van der Waals surface area contributed by atoms with Crippen molar-refractivity contribution in [3.05, 3.63) is 34.5 Å². The number of aromatic nitrogens is 1. The summed E-state index contributed by atoms with van der Waals surface area (Å²) in [5, 5.41) is 17.4. The summed E-state index contributed by atoms with van der Waals surface area (Å²) >= 11 is 6.04. The minimum atomic E-state index is -0.514. The highest BCUT2D eigenvalue weighted by Crippen LogP contribution is 2.35. The Kier molecular flexibility index (Phi) is 5.84. The lowest BCUT2D eigenvalue weighted by Gasteiger charge is -2.28. The van der Waals surface area contributed by atoms with E-state index in [0.717, 1.165) is 19.3 Å². The number of ether oxygens (including phenoxy) is 1. The number of nitrogens with zero attached hydrogens (tertiary/aromatic N) is 1. The molecule has 1 aliphatic rings.